The predicted molar refractivity (Wildman–Crippen MR) is 86.6 cm³/mol. The second kappa shape index (κ2) is 3.28. The number of nitrogens with one attached hydrogen (secondary N) is 1. The first-order valence-corrected chi connectivity index (χ1v) is 8.05. The number of hydrogen-bond acceptors (Lipinski definition) is 2. The summed E-state index contributed by atoms with van der Waals surface area (Å²) in [6.07, 6.45) is 1.35. The third-order valence-electron chi connectivity index (χ3n) is 6.26. The van der Waals surface area contributed by atoms with E-state index in [0.717, 1.165) is 24.4 Å². The van der Waals surface area contributed by atoms with Crippen molar-refractivity contribution in [3.8, 4) is 5.69 Å². The molecule has 1 N–H and O–H groups in total. The first-order valence-electron chi connectivity index (χ1n) is 8.05. The van der Waals surface area contributed by atoms with Gasteiger partial charge in [0.2, 0.25) is 0 Å². The molecule has 3 nitrogen and oxygen atoms in total. The van der Waals surface area contributed by atoms with E-state index in [2.05, 4.69) is 59.3 Å². The Morgan fingerprint density at radius 3 is 2.55 bits per heavy atom. The van der Waals surface area contributed by atoms with E-state index in [9.17, 15) is 0 Å². The van der Waals surface area contributed by atoms with E-state index in [1.54, 1.807) is 11.1 Å². The van der Waals surface area contributed by atoms with Crippen molar-refractivity contribution in [2.45, 2.75) is 24.2 Å². The SMILES string of the molecule is Cc1nc2cc3c(cc2n1-c1ccccc1)C12CNCC31C2. The maximum atomic E-state index is 4.83. The van der Waals surface area contributed by atoms with Gasteiger partial charge in [-0.25, -0.2) is 4.98 Å². The van der Waals surface area contributed by atoms with Crippen LogP contribution in [-0.4, -0.2) is 22.6 Å². The fraction of sp³-hybridized carbons (Fsp3) is 0.316. The van der Waals surface area contributed by atoms with Gasteiger partial charge in [-0.05, 0) is 48.7 Å². The molecule has 2 aliphatic carbocycles. The Hall–Kier alpha value is -2.13. The first kappa shape index (κ1) is 11.4. The Morgan fingerprint density at radius 2 is 1.77 bits per heavy atom. The highest BCUT2D eigenvalue weighted by Crippen LogP contribution is 2.76. The Kier molecular flexibility index (Phi) is 1.70. The number of para-hydroxylation sites is 1. The van der Waals surface area contributed by atoms with Crippen LogP contribution in [0.5, 0.6) is 0 Å². The molecule has 1 saturated heterocycles. The number of aromatic nitrogens is 2. The maximum Gasteiger partial charge on any atom is 0.111 e. The lowest BCUT2D eigenvalue weighted by Crippen LogP contribution is -2.33. The molecule has 0 amide bonds. The van der Waals surface area contributed by atoms with Crippen molar-refractivity contribution >= 4 is 11.0 Å². The standard InChI is InChI=1S/C19H17N3/c1-12-21-16-7-14-15(19-9-18(14,19)10-20-11-19)8-17(16)22(12)13-5-3-2-4-6-13/h2-8,20H,9-11H2,1H3. The molecule has 6 rings (SSSR count). The number of imidazole rings is 1. The summed E-state index contributed by atoms with van der Waals surface area (Å²) < 4.78 is 2.29. The Bertz CT molecular complexity index is 956. The molecule has 2 atom stereocenters. The Morgan fingerprint density at radius 1 is 1.05 bits per heavy atom. The molecule has 108 valence electrons. The molecule has 1 saturated carbocycles. The second-order valence-electron chi connectivity index (χ2n) is 7.16. The number of aryl methyl sites for hydroxylation is 1. The van der Waals surface area contributed by atoms with Crippen LogP contribution in [0.1, 0.15) is 23.4 Å². The van der Waals surface area contributed by atoms with Gasteiger partial charge in [-0.2, -0.15) is 0 Å². The van der Waals surface area contributed by atoms with E-state index < -0.39 is 0 Å². The summed E-state index contributed by atoms with van der Waals surface area (Å²) in [6.45, 7) is 4.41. The Labute approximate surface area is 129 Å². The predicted octanol–water partition coefficient (Wildman–Crippen LogP) is 2.83. The summed E-state index contributed by atoms with van der Waals surface area (Å²) in [6, 6.07) is 15.3. The van der Waals surface area contributed by atoms with E-state index >= 15 is 0 Å². The van der Waals surface area contributed by atoms with Crippen LogP contribution < -0.4 is 5.32 Å². The summed E-state index contributed by atoms with van der Waals surface area (Å²) >= 11 is 0. The fourth-order valence-corrected chi connectivity index (χ4v) is 5.20. The van der Waals surface area contributed by atoms with E-state index in [0.29, 0.717) is 10.8 Å². The third-order valence-corrected chi connectivity index (χ3v) is 6.26. The van der Waals surface area contributed by atoms with E-state index in [1.807, 2.05) is 0 Å². The van der Waals surface area contributed by atoms with Gasteiger partial charge in [-0.3, -0.25) is 4.57 Å². The quantitative estimate of drug-likeness (QED) is 0.746. The minimum Gasteiger partial charge on any atom is -0.315 e. The Balaban J connectivity index is 1.65. The number of rotatable bonds is 1. The van der Waals surface area contributed by atoms with Gasteiger partial charge in [0.05, 0.1) is 11.0 Å². The van der Waals surface area contributed by atoms with Gasteiger partial charge in [0, 0.05) is 29.6 Å². The molecule has 1 aromatic heterocycles. The zero-order chi connectivity index (χ0) is 14.5. The molecule has 2 fully saturated rings. The normalized spacial score (nSPS) is 30.6. The van der Waals surface area contributed by atoms with Crippen molar-refractivity contribution in [1.29, 1.82) is 0 Å². The van der Waals surface area contributed by atoms with Crippen molar-refractivity contribution in [3.63, 3.8) is 0 Å². The molecule has 0 bridgehead atoms. The number of piperidine rings is 1. The smallest absolute Gasteiger partial charge is 0.111 e. The summed E-state index contributed by atoms with van der Waals surface area (Å²) in [5.74, 6) is 1.07. The molecule has 0 radical (unpaired) electrons. The fourth-order valence-electron chi connectivity index (χ4n) is 5.20. The second-order valence-corrected chi connectivity index (χ2v) is 7.16. The molecule has 2 heterocycles. The number of benzene rings is 2. The van der Waals surface area contributed by atoms with Crippen LogP contribution in [0.15, 0.2) is 42.5 Å². The van der Waals surface area contributed by atoms with E-state index in [1.165, 1.54) is 17.6 Å². The van der Waals surface area contributed by atoms with Crippen LogP contribution in [0.3, 0.4) is 0 Å². The molecule has 1 aliphatic heterocycles. The van der Waals surface area contributed by atoms with E-state index in [-0.39, 0.29) is 0 Å². The van der Waals surface area contributed by atoms with Crippen LogP contribution >= 0.6 is 0 Å². The summed E-state index contributed by atoms with van der Waals surface area (Å²) in [4.78, 5) is 4.83. The zero-order valence-corrected chi connectivity index (χ0v) is 12.6. The van der Waals surface area contributed by atoms with E-state index in [4.69, 9.17) is 4.98 Å². The monoisotopic (exact) mass is 287 g/mol. The van der Waals surface area contributed by atoms with Gasteiger partial charge in [-0.1, -0.05) is 18.2 Å². The van der Waals surface area contributed by atoms with Crippen molar-refractivity contribution in [1.82, 2.24) is 14.9 Å². The molecule has 2 unspecified atom stereocenters. The van der Waals surface area contributed by atoms with Crippen LogP contribution in [-0.2, 0) is 10.8 Å². The highest BCUT2D eigenvalue weighted by atomic mass is 15.1. The highest BCUT2D eigenvalue weighted by molar-refractivity contribution is 5.85. The lowest BCUT2D eigenvalue weighted by Gasteiger charge is -2.32. The average Bonchev–Trinajstić information content (AvgIpc) is 2.81. The third kappa shape index (κ3) is 1.01. The minimum absolute atomic E-state index is 0.455. The maximum absolute atomic E-state index is 4.83. The van der Waals surface area contributed by atoms with Gasteiger partial charge < -0.3 is 5.32 Å². The van der Waals surface area contributed by atoms with Crippen LogP contribution in [0.2, 0.25) is 0 Å². The van der Waals surface area contributed by atoms with Gasteiger partial charge in [-0.15, -0.1) is 0 Å². The molecule has 0 spiro atoms. The van der Waals surface area contributed by atoms with Crippen molar-refractivity contribution in [2.24, 2.45) is 0 Å². The van der Waals surface area contributed by atoms with Crippen molar-refractivity contribution in [3.05, 3.63) is 59.4 Å². The molecule has 2 aromatic carbocycles. The van der Waals surface area contributed by atoms with Crippen LogP contribution in [0, 0.1) is 6.92 Å². The lowest BCUT2D eigenvalue weighted by molar-refractivity contribution is 0.577. The van der Waals surface area contributed by atoms with Crippen LogP contribution in [0.4, 0.5) is 0 Å². The minimum atomic E-state index is 0.455. The van der Waals surface area contributed by atoms with Gasteiger partial charge in [0.25, 0.3) is 0 Å². The summed E-state index contributed by atoms with van der Waals surface area (Å²) in [5.41, 5.74) is 7.64. The van der Waals surface area contributed by atoms with Gasteiger partial charge >= 0.3 is 0 Å². The summed E-state index contributed by atoms with van der Waals surface area (Å²) in [5, 5.41) is 3.59. The topological polar surface area (TPSA) is 29.9 Å². The van der Waals surface area contributed by atoms with Crippen molar-refractivity contribution in [2.75, 3.05) is 13.1 Å². The molecule has 22 heavy (non-hydrogen) atoms. The molecular formula is C19H17N3. The number of nitrogens with zero attached hydrogens (tertiary/aromatic N) is 2. The molecular weight excluding hydrogens is 270 g/mol. The van der Waals surface area contributed by atoms with Crippen molar-refractivity contribution < 1.29 is 0 Å². The zero-order valence-electron chi connectivity index (χ0n) is 12.6. The first-order chi connectivity index (χ1) is 10.8. The molecule has 3 aliphatic rings. The van der Waals surface area contributed by atoms with Crippen LogP contribution in [0.25, 0.3) is 16.7 Å². The number of fused-ring (bicyclic) bond motifs is 2. The molecule has 3 heteroatoms. The number of hydrogen-bond donors (Lipinski definition) is 1. The highest BCUT2D eigenvalue weighted by Gasteiger charge is 2.79. The summed E-state index contributed by atoms with van der Waals surface area (Å²) in [7, 11) is 0. The van der Waals surface area contributed by atoms with Gasteiger partial charge in [0.15, 0.2) is 0 Å². The average molecular weight is 287 g/mol. The lowest BCUT2D eigenvalue weighted by atomic mass is 9.70. The largest absolute Gasteiger partial charge is 0.315 e. The van der Waals surface area contributed by atoms with Gasteiger partial charge in [0.1, 0.15) is 5.82 Å². The molecule has 3 aromatic rings.